The van der Waals surface area contributed by atoms with Crippen LogP contribution in [0.5, 0.6) is 0 Å². The summed E-state index contributed by atoms with van der Waals surface area (Å²) in [6.45, 7) is 8.44. The fraction of sp³-hybridized carbons (Fsp3) is 0.588. The smallest absolute Gasteiger partial charge is 0.220 e. The van der Waals surface area contributed by atoms with Gasteiger partial charge in [0.2, 0.25) is 11.8 Å². The first-order valence-corrected chi connectivity index (χ1v) is 8.40. The maximum absolute atomic E-state index is 12.1. The quantitative estimate of drug-likeness (QED) is 0.807. The third kappa shape index (κ3) is 3.84. The summed E-state index contributed by atoms with van der Waals surface area (Å²) in [6.07, 6.45) is 3.48. The van der Waals surface area contributed by atoms with Crippen LogP contribution in [-0.4, -0.2) is 45.0 Å². The van der Waals surface area contributed by atoms with Gasteiger partial charge >= 0.3 is 0 Å². The monoisotopic (exact) mass is 332 g/mol. The average Bonchev–Trinajstić information content (AvgIpc) is 3.26. The highest BCUT2D eigenvalue weighted by molar-refractivity contribution is 5.73. The lowest BCUT2D eigenvalue weighted by Gasteiger charge is -2.26. The highest BCUT2D eigenvalue weighted by Gasteiger charge is 2.30. The molecule has 1 atom stereocenters. The van der Waals surface area contributed by atoms with Crippen molar-refractivity contribution in [2.45, 2.75) is 52.7 Å². The van der Waals surface area contributed by atoms with Gasteiger partial charge < -0.3 is 13.8 Å². The normalized spacial score (nSPS) is 18.2. The Kier molecular flexibility index (Phi) is 4.99. The van der Waals surface area contributed by atoms with Crippen molar-refractivity contribution in [2.24, 2.45) is 0 Å². The first-order chi connectivity index (χ1) is 11.5. The highest BCUT2D eigenvalue weighted by atomic mass is 16.5. The van der Waals surface area contributed by atoms with Crippen LogP contribution in [0.4, 0.5) is 0 Å². The number of rotatable bonds is 6. The summed E-state index contributed by atoms with van der Waals surface area (Å²) in [6, 6.07) is 2.12. The van der Waals surface area contributed by atoms with Crippen molar-refractivity contribution in [3.63, 3.8) is 0 Å². The molecule has 7 nitrogen and oxygen atoms in total. The lowest BCUT2D eigenvalue weighted by Crippen LogP contribution is -2.40. The van der Waals surface area contributed by atoms with E-state index in [0.29, 0.717) is 12.4 Å². The van der Waals surface area contributed by atoms with Crippen LogP contribution >= 0.6 is 0 Å². The SMILES string of the molecule is CCc1cnc(CN(C(C)=O)[C@@H]2CCN(Cc3cc(C)no3)C2)o1. The lowest BCUT2D eigenvalue weighted by atomic mass is 10.2. The van der Waals surface area contributed by atoms with Gasteiger partial charge in [0.05, 0.1) is 25.0 Å². The molecule has 3 rings (SSSR count). The molecule has 7 heteroatoms. The Morgan fingerprint density at radius 3 is 2.92 bits per heavy atom. The second-order valence-corrected chi connectivity index (χ2v) is 6.33. The molecule has 130 valence electrons. The van der Waals surface area contributed by atoms with Gasteiger partial charge in [0.1, 0.15) is 5.76 Å². The predicted octanol–water partition coefficient (Wildman–Crippen LogP) is 2.16. The van der Waals surface area contributed by atoms with Crippen LogP contribution < -0.4 is 0 Å². The molecule has 0 saturated carbocycles. The first kappa shape index (κ1) is 16.7. The van der Waals surface area contributed by atoms with Crippen LogP contribution in [0.3, 0.4) is 0 Å². The van der Waals surface area contributed by atoms with Gasteiger partial charge in [-0.05, 0) is 13.3 Å². The van der Waals surface area contributed by atoms with Crippen LogP contribution in [0.1, 0.15) is 43.4 Å². The summed E-state index contributed by atoms with van der Waals surface area (Å²) in [7, 11) is 0. The number of nitrogens with zero attached hydrogens (tertiary/aromatic N) is 4. The van der Waals surface area contributed by atoms with Crippen LogP contribution in [0, 0.1) is 6.92 Å². The number of carbonyl (C=O) groups excluding carboxylic acids is 1. The van der Waals surface area contributed by atoms with E-state index in [0.717, 1.165) is 49.7 Å². The minimum atomic E-state index is 0.0496. The van der Waals surface area contributed by atoms with Gasteiger partial charge in [-0.1, -0.05) is 12.1 Å². The molecular weight excluding hydrogens is 308 g/mol. The molecule has 3 heterocycles. The number of carbonyl (C=O) groups is 1. The number of aryl methyl sites for hydroxylation is 2. The zero-order valence-electron chi connectivity index (χ0n) is 14.5. The third-order valence-electron chi connectivity index (χ3n) is 4.40. The van der Waals surface area contributed by atoms with E-state index >= 15 is 0 Å². The topological polar surface area (TPSA) is 75.6 Å². The Morgan fingerprint density at radius 1 is 1.46 bits per heavy atom. The second-order valence-electron chi connectivity index (χ2n) is 6.33. The Morgan fingerprint density at radius 2 is 2.29 bits per heavy atom. The average molecular weight is 332 g/mol. The van der Waals surface area contributed by atoms with Crippen LogP contribution in [0.2, 0.25) is 0 Å². The molecule has 0 aliphatic carbocycles. The van der Waals surface area contributed by atoms with Gasteiger partial charge in [-0.25, -0.2) is 4.98 Å². The zero-order valence-corrected chi connectivity index (χ0v) is 14.5. The molecule has 1 aliphatic heterocycles. The number of hydrogen-bond acceptors (Lipinski definition) is 6. The summed E-state index contributed by atoms with van der Waals surface area (Å²) in [4.78, 5) is 20.5. The van der Waals surface area contributed by atoms with Gasteiger partial charge in [-0.2, -0.15) is 0 Å². The maximum atomic E-state index is 12.1. The van der Waals surface area contributed by atoms with Gasteiger partial charge in [-0.3, -0.25) is 9.69 Å². The summed E-state index contributed by atoms with van der Waals surface area (Å²) < 4.78 is 10.9. The molecule has 0 bridgehead atoms. The lowest BCUT2D eigenvalue weighted by molar-refractivity contribution is -0.132. The number of oxazole rings is 1. The molecule has 2 aromatic rings. The highest BCUT2D eigenvalue weighted by Crippen LogP contribution is 2.21. The predicted molar refractivity (Wildman–Crippen MR) is 87.0 cm³/mol. The summed E-state index contributed by atoms with van der Waals surface area (Å²) in [5, 5.41) is 3.92. The van der Waals surface area contributed by atoms with Crippen molar-refractivity contribution in [3.05, 3.63) is 35.4 Å². The summed E-state index contributed by atoms with van der Waals surface area (Å²) >= 11 is 0. The Hall–Kier alpha value is -2.15. The Labute approximate surface area is 141 Å². The van der Waals surface area contributed by atoms with Crippen LogP contribution in [0.15, 0.2) is 21.2 Å². The zero-order chi connectivity index (χ0) is 17.1. The first-order valence-electron chi connectivity index (χ1n) is 8.40. The van der Waals surface area contributed by atoms with Gasteiger partial charge in [0, 0.05) is 38.5 Å². The van der Waals surface area contributed by atoms with Gasteiger partial charge in [0.25, 0.3) is 0 Å². The Bertz CT molecular complexity index is 694. The third-order valence-corrected chi connectivity index (χ3v) is 4.40. The molecule has 1 saturated heterocycles. The molecule has 1 fully saturated rings. The van der Waals surface area contributed by atoms with Gasteiger partial charge in [0.15, 0.2) is 5.76 Å². The summed E-state index contributed by atoms with van der Waals surface area (Å²) in [5.41, 5.74) is 0.890. The molecule has 0 unspecified atom stereocenters. The molecule has 1 amide bonds. The van der Waals surface area contributed by atoms with E-state index in [4.69, 9.17) is 8.94 Å². The molecule has 0 aromatic carbocycles. The van der Waals surface area contributed by atoms with E-state index in [-0.39, 0.29) is 11.9 Å². The molecular formula is C17H24N4O3. The molecule has 0 radical (unpaired) electrons. The minimum absolute atomic E-state index is 0.0496. The number of amides is 1. The van der Waals surface area contributed by atoms with Gasteiger partial charge in [-0.15, -0.1) is 0 Å². The van der Waals surface area contributed by atoms with Crippen molar-refractivity contribution < 1.29 is 13.7 Å². The van der Waals surface area contributed by atoms with Crippen LogP contribution in [0.25, 0.3) is 0 Å². The number of hydrogen-bond donors (Lipinski definition) is 0. The van der Waals surface area contributed by atoms with E-state index in [9.17, 15) is 4.79 Å². The van der Waals surface area contributed by atoms with Crippen LogP contribution in [-0.2, 0) is 24.3 Å². The second kappa shape index (κ2) is 7.17. The van der Waals surface area contributed by atoms with Crippen molar-refractivity contribution in [2.75, 3.05) is 13.1 Å². The van der Waals surface area contributed by atoms with E-state index in [2.05, 4.69) is 15.0 Å². The molecule has 24 heavy (non-hydrogen) atoms. The maximum Gasteiger partial charge on any atom is 0.220 e. The van der Waals surface area contributed by atoms with E-state index < -0.39 is 0 Å². The fourth-order valence-electron chi connectivity index (χ4n) is 3.15. The number of aromatic nitrogens is 2. The van der Waals surface area contributed by atoms with E-state index in [1.165, 1.54) is 0 Å². The fourth-order valence-corrected chi connectivity index (χ4v) is 3.15. The molecule has 2 aromatic heterocycles. The van der Waals surface area contributed by atoms with Crippen molar-refractivity contribution in [1.29, 1.82) is 0 Å². The number of likely N-dealkylation sites (tertiary alicyclic amines) is 1. The standard InChI is InChI=1S/C17H24N4O3/c1-4-15-8-18-17(23-15)11-21(13(3)22)14-5-6-20(9-14)10-16-7-12(2)19-24-16/h7-8,14H,4-6,9-11H2,1-3H3/t14-/m1/s1. The summed E-state index contributed by atoms with van der Waals surface area (Å²) in [5.74, 6) is 2.37. The molecule has 0 spiro atoms. The van der Waals surface area contributed by atoms with Crippen molar-refractivity contribution in [3.8, 4) is 0 Å². The van der Waals surface area contributed by atoms with Crippen molar-refractivity contribution >= 4 is 5.91 Å². The largest absolute Gasteiger partial charge is 0.444 e. The van der Waals surface area contributed by atoms with E-state index in [1.807, 2.05) is 24.8 Å². The molecule has 0 N–H and O–H groups in total. The Balaban J connectivity index is 1.61. The van der Waals surface area contributed by atoms with Crippen molar-refractivity contribution in [1.82, 2.24) is 19.9 Å². The van der Waals surface area contributed by atoms with E-state index in [1.54, 1.807) is 13.1 Å². The molecule has 1 aliphatic rings. The minimum Gasteiger partial charge on any atom is -0.444 e.